The number of rotatable bonds is 4. The highest BCUT2D eigenvalue weighted by molar-refractivity contribution is 5.55. The van der Waals surface area contributed by atoms with Gasteiger partial charge in [0.25, 0.3) is 0 Å². The third kappa shape index (κ3) is 3.17. The number of aromatic nitrogens is 3. The van der Waals surface area contributed by atoms with Crippen molar-refractivity contribution in [1.82, 2.24) is 24.6 Å². The van der Waals surface area contributed by atoms with Gasteiger partial charge >= 0.3 is 0 Å². The zero-order valence-corrected chi connectivity index (χ0v) is 15.2. The van der Waals surface area contributed by atoms with Gasteiger partial charge < -0.3 is 18.8 Å². The molecule has 8 nitrogen and oxygen atoms in total. The molecule has 2 aliphatic rings. The van der Waals surface area contributed by atoms with Crippen molar-refractivity contribution in [3.63, 3.8) is 0 Å². The van der Waals surface area contributed by atoms with Crippen molar-refractivity contribution >= 4 is 0 Å². The van der Waals surface area contributed by atoms with E-state index in [4.69, 9.17) is 13.9 Å². The van der Waals surface area contributed by atoms with Crippen molar-refractivity contribution in [3.8, 4) is 28.8 Å². The Labute approximate surface area is 156 Å². The van der Waals surface area contributed by atoms with Crippen LogP contribution in [0, 0.1) is 0 Å². The number of piperazine rings is 1. The van der Waals surface area contributed by atoms with Crippen LogP contribution in [0.3, 0.4) is 0 Å². The van der Waals surface area contributed by atoms with Gasteiger partial charge in [-0.05, 0) is 31.3 Å². The summed E-state index contributed by atoms with van der Waals surface area (Å²) in [6.07, 6.45) is 1.53. The van der Waals surface area contributed by atoms with Gasteiger partial charge in [-0.2, -0.15) is 5.10 Å². The van der Waals surface area contributed by atoms with Crippen LogP contribution in [0.2, 0.25) is 0 Å². The SMILES string of the molecule is CN1CCN(Cc2ccc(-c3ncnn3-c3ccc4c(c3)OCO4)o2)CC1. The van der Waals surface area contributed by atoms with Crippen molar-refractivity contribution in [2.24, 2.45) is 0 Å². The molecule has 0 atom stereocenters. The summed E-state index contributed by atoms with van der Waals surface area (Å²) in [6.45, 7) is 5.35. The smallest absolute Gasteiger partial charge is 0.231 e. The maximum Gasteiger partial charge on any atom is 0.231 e. The van der Waals surface area contributed by atoms with Crippen LogP contribution in [0.15, 0.2) is 41.1 Å². The van der Waals surface area contributed by atoms with Crippen LogP contribution < -0.4 is 9.47 Å². The first kappa shape index (κ1) is 16.3. The summed E-state index contributed by atoms with van der Waals surface area (Å²) in [5.41, 5.74) is 0.851. The predicted octanol–water partition coefficient (Wildman–Crippen LogP) is 2.00. The molecule has 0 radical (unpaired) electrons. The van der Waals surface area contributed by atoms with Gasteiger partial charge in [0.1, 0.15) is 12.1 Å². The summed E-state index contributed by atoms with van der Waals surface area (Å²) in [6, 6.07) is 9.68. The Bertz CT molecular complexity index is 942. The zero-order chi connectivity index (χ0) is 18.2. The summed E-state index contributed by atoms with van der Waals surface area (Å²) in [5.74, 6) is 3.76. The maximum atomic E-state index is 6.08. The normalized spacial score (nSPS) is 17.5. The Morgan fingerprint density at radius 3 is 2.74 bits per heavy atom. The molecule has 2 aromatic heterocycles. The first-order valence-corrected chi connectivity index (χ1v) is 9.06. The molecule has 5 rings (SSSR count). The topological polar surface area (TPSA) is 68.8 Å². The van der Waals surface area contributed by atoms with E-state index >= 15 is 0 Å². The molecule has 8 heteroatoms. The van der Waals surface area contributed by atoms with E-state index in [0.29, 0.717) is 17.3 Å². The Morgan fingerprint density at radius 2 is 1.85 bits per heavy atom. The Balaban J connectivity index is 1.37. The Kier molecular flexibility index (Phi) is 4.06. The molecule has 1 aromatic carbocycles. The summed E-state index contributed by atoms with van der Waals surface area (Å²) in [5, 5.41) is 4.35. The average Bonchev–Trinajstić information content (AvgIpc) is 3.43. The number of ether oxygens (including phenoxy) is 2. The van der Waals surface area contributed by atoms with Crippen LogP contribution in [0.4, 0.5) is 0 Å². The van der Waals surface area contributed by atoms with E-state index in [1.165, 1.54) is 6.33 Å². The molecule has 0 aliphatic carbocycles. The number of furan rings is 1. The highest BCUT2D eigenvalue weighted by atomic mass is 16.7. The highest BCUT2D eigenvalue weighted by Crippen LogP contribution is 2.34. The second-order valence-electron chi connectivity index (χ2n) is 6.88. The number of likely N-dealkylation sites (N-methyl/N-ethyl adjacent to an activating group) is 1. The van der Waals surface area contributed by atoms with Crippen LogP contribution in [-0.2, 0) is 6.54 Å². The van der Waals surface area contributed by atoms with E-state index in [0.717, 1.165) is 49.9 Å². The third-order valence-corrected chi connectivity index (χ3v) is 5.01. The number of fused-ring (bicyclic) bond motifs is 1. The zero-order valence-electron chi connectivity index (χ0n) is 15.2. The van der Waals surface area contributed by atoms with Crippen LogP contribution in [0.25, 0.3) is 17.3 Å². The van der Waals surface area contributed by atoms with Gasteiger partial charge in [0, 0.05) is 32.2 Å². The minimum Gasteiger partial charge on any atom is -0.456 e. The molecule has 0 N–H and O–H groups in total. The van der Waals surface area contributed by atoms with Gasteiger partial charge in [0.05, 0.1) is 12.2 Å². The van der Waals surface area contributed by atoms with Crippen molar-refractivity contribution in [2.75, 3.05) is 40.0 Å². The molecule has 0 bridgehead atoms. The lowest BCUT2D eigenvalue weighted by Crippen LogP contribution is -2.43. The van der Waals surface area contributed by atoms with E-state index in [1.807, 2.05) is 30.3 Å². The minimum atomic E-state index is 0.247. The molecule has 0 amide bonds. The lowest BCUT2D eigenvalue weighted by Gasteiger charge is -2.31. The molecule has 1 fully saturated rings. The van der Waals surface area contributed by atoms with E-state index in [2.05, 4.69) is 26.9 Å². The highest BCUT2D eigenvalue weighted by Gasteiger charge is 2.19. The first-order valence-electron chi connectivity index (χ1n) is 9.06. The molecule has 3 aromatic rings. The third-order valence-electron chi connectivity index (χ3n) is 5.01. The van der Waals surface area contributed by atoms with Crippen LogP contribution >= 0.6 is 0 Å². The number of benzene rings is 1. The fourth-order valence-corrected chi connectivity index (χ4v) is 3.42. The largest absolute Gasteiger partial charge is 0.456 e. The second-order valence-corrected chi connectivity index (χ2v) is 6.88. The van der Waals surface area contributed by atoms with Crippen LogP contribution in [0.1, 0.15) is 5.76 Å². The van der Waals surface area contributed by atoms with Crippen molar-refractivity contribution in [1.29, 1.82) is 0 Å². The summed E-state index contributed by atoms with van der Waals surface area (Å²) in [7, 11) is 2.16. The van der Waals surface area contributed by atoms with E-state index < -0.39 is 0 Å². The predicted molar refractivity (Wildman–Crippen MR) is 98.0 cm³/mol. The van der Waals surface area contributed by atoms with E-state index in [-0.39, 0.29) is 6.79 Å². The summed E-state index contributed by atoms with van der Waals surface area (Å²) < 4.78 is 18.7. The summed E-state index contributed by atoms with van der Waals surface area (Å²) >= 11 is 0. The lowest BCUT2D eigenvalue weighted by molar-refractivity contribution is 0.140. The molecular formula is C19H21N5O3. The quantitative estimate of drug-likeness (QED) is 0.699. The van der Waals surface area contributed by atoms with Crippen molar-refractivity contribution < 1.29 is 13.9 Å². The first-order chi connectivity index (χ1) is 13.3. The summed E-state index contributed by atoms with van der Waals surface area (Å²) in [4.78, 5) is 9.15. The van der Waals surface area contributed by atoms with E-state index in [9.17, 15) is 0 Å². The molecule has 0 unspecified atom stereocenters. The fourth-order valence-electron chi connectivity index (χ4n) is 3.42. The molecule has 0 saturated carbocycles. The Morgan fingerprint density at radius 1 is 1.00 bits per heavy atom. The number of hydrogen-bond donors (Lipinski definition) is 0. The molecule has 27 heavy (non-hydrogen) atoms. The minimum absolute atomic E-state index is 0.247. The molecule has 140 valence electrons. The molecule has 2 aliphatic heterocycles. The van der Waals surface area contributed by atoms with Gasteiger partial charge in [-0.15, -0.1) is 0 Å². The monoisotopic (exact) mass is 367 g/mol. The maximum absolute atomic E-state index is 6.08. The van der Waals surface area contributed by atoms with Crippen molar-refractivity contribution in [2.45, 2.75) is 6.54 Å². The molecule has 0 spiro atoms. The Hall–Kier alpha value is -2.84. The number of hydrogen-bond acceptors (Lipinski definition) is 7. The van der Waals surface area contributed by atoms with Gasteiger partial charge in [-0.25, -0.2) is 9.67 Å². The standard InChI is InChI=1S/C19H21N5O3/c1-22-6-8-23(9-7-22)11-15-3-5-17(27-15)19-20-12-21-24(19)14-2-4-16-18(10-14)26-13-25-16/h2-5,10,12H,6-9,11,13H2,1H3. The van der Waals surface area contributed by atoms with Crippen LogP contribution in [-0.4, -0.2) is 64.6 Å². The molecular weight excluding hydrogens is 346 g/mol. The van der Waals surface area contributed by atoms with Crippen molar-refractivity contribution in [3.05, 3.63) is 42.4 Å². The molecule has 1 saturated heterocycles. The van der Waals surface area contributed by atoms with Gasteiger partial charge in [-0.3, -0.25) is 4.90 Å². The van der Waals surface area contributed by atoms with Gasteiger partial charge in [0.15, 0.2) is 23.1 Å². The van der Waals surface area contributed by atoms with Gasteiger partial charge in [-0.1, -0.05) is 0 Å². The lowest BCUT2D eigenvalue weighted by atomic mass is 10.2. The number of nitrogens with zero attached hydrogens (tertiary/aromatic N) is 5. The fraction of sp³-hybridized carbons (Fsp3) is 0.368. The average molecular weight is 367 g/mol. The van der Waals surface area contributed by atoms with Gasteiger partial charge in [0.2, 0.25) is 6.79 Å². The van der Waals surface area contributed by atoms with E-state index in [1.54, 1.807) is 4.68 Å². The van der Waals surface area contributed by atoms with Crippen LogP contribution in [0.5, 0.6) is 11.5 Å². The second kappa shape index (κ2) is 6.71. The molecule has 4 heterocycles.